The molecule has 0 aliphatic carbocycles. The number of benzene rings is 3. The SMILES string of the molecule is [CH2+]CCN(CCN)C(=O)CC(N)C(=O)NC(CCc1ccccc1)C(=O)Nc1ccc2ccccc2c1. The molecule has 194 valence electrons. The molecule has 8 heteroatoms. The van der Waals surface area contributed by atoms with Crippen LogP contribution in [0.15, 0.2) is 72.8 Å². The number of amides is 3. The fourth-order valence-corrected chi connectivity index (χ4v) is 4.12. The number of nitrogens with zero attached hydrogens (tertiary/aromatic N) is 1. The molecule has 2 atom stereocenters. The number of nitrogens with two attached hydrogens (primary N) is 2. The molecule has 0 radical (unpaired) electrons. The molecule has 37 heavy (non-hydrogen) atoms. The molecule has 3 aromatic rings. The Bertz CT molecular complexity index is 1180. The van der Waals surface area contributed by atoms with E-state index in [1.54, 1.807) is 4.90 Å². The Kier molecular flexibility index (Phi) is 10.5. The lowest BCUT2D eigenvalue weighted by Gasteiger charge is -2.23. The summed E-state index contributed by atoms with van der Waals surface area (Å²) in [6, 6.07) is 21.3. The van der Waals surface area contributed by atoms with E-state index < -0.39 is 18.0 Å². The van der Waals surface area contributed by atoms with Crippen LogP contribution in [-0.2, 0) is 20.8 Å². The maximum atomic E-state index is 13.3. The van der Waals surface area contributed by atoms with Gasteiger partial charge in [-0.25, -0.2) is 0 Å². The lowest BCUT2D eigenvalue weighted by Crippen LogP contribution is -2.51. The van der Waals surface area contributed by atoms with Gasteiger partial charge in [-0.05, 0) is 41.3 Å². The zero-order chi connectivity index (χ0) is 26.6. The van der Waals surface area contributed by atoms with Gasteiger partial charge in [0.1, 0.15) is 12.5 Å². The molecule has 8 nitrogen and oxygen atoms in total. The van der Waals surface area contributed by atoms with Crippen molar-refractivity contribution in [3.05, 3.63) is 85.3 Å². The van der Waals surface area contributed by atoms with Crippen molar-refractivity contribution in [3.8, 4) is 0 Å². The minimum Gasteiger partial charge on any atom is -0.343 e. The molecule has 0 bridgehead atoms. The number of aryl methyl sites for hydroxylation is 1. The van der Waals surface area contributed by atoms with Crippen LogP contribution in [0.25, 0.3) is 10.8 Å². The number of anilines is 1. The maximum Gasteiger partial charge on any atom is 0.246 e. The maximum absolute atomic E-state index is 13.3. The van der Waals surface area contributed by atoms with Gasteiger partial charge in [0.25, 0.3) is 0 Å². The van der Waals surface area contributed by atoms with E-state index in [4.69, 9.17) is 11.5 Å². The van der Waals surface area contributed by atoms with Gasteiger partial charge in [-0.2, -0.15) is 0 Å². The van der Waals surface area contributed by atoms with E-state index in [1.165, 1.54) is 0 Å². The summed E-state index contributed by atoms with van der Waals surface area (Å²) in [4.78, 5) is 40.4. The molecule has 0 aliphatic rings. The van der Waals surface area contributed by atoms with Crippen molar-refractivity contribution in [2.24, 2.45) is 11.5 Å². The molecule has 0 heterocycles. The van der Waals surface area contributed by atoms with Gasteiger partial charge in [-0.3, -0.25) is 14.4 Å². The first-order chi connectivity index (χ1) is 17.9. The second-order valence-electron chi connectivity index (χ2n) is 8.97. The lowest BCUT2D eigenvalue weighted by atomic mass is 10.0. The number of fused-ring (bicyclic) bond motifs is 1. The van der Waals surface area contributed by atoms with Gasteiger partial charge >= 0.3 is 0 Å². The third kappa shape index (κ3) is 8.34. The molecular formula is C29H36N5O3+. The highest BCUT2D eigenvalue weighted by Crippen LogP contribution is 2.19. The van der Waals surface area contributed by atoms with E-state index in [0.717, 1.165) is 16.3 Å². The van der Waals surface area contributed by atoms with E-state index in [0.29, 0.717) is 44.6 Å². The number of hydrogen-bond donors (Lipinski definition) is 4. The first-order valence-electron chi connectivity index (χ1n) is 12.6. The molecule has 0 saturated heterocycles. The molecular weight excluding hydrogens is 466 g/mol. The molecule has 2 unspecified atom stereocenters. The Morgan fingerprint density at radius 2 is 1.59 bits per heavy atom. The van der Waals surface area contributed by atoms with Crippen LogP contribution in [-0.4, -0.2) is 54.3 Å². The average molecular weight is 503 g/mol. The van der Waals surface area contributed by atoms with Crippen molar-refractivity contribution < 1.29 is 14.4 Å². The van der Waals surface area contributed by atoms with E-state index in [9.17, 15) is 14.4 Å². The van der Waals surface area contributed by atoms with Crippen LogP contribution in [0.1, 0.15) is 24.8 Å². The number of rotatable bonds is 13. The quantitative estimate of drug-likeness (QED) is 0.267. The van der Waals surface area contributed by atoms with E-state index in [2.05, 4.69) is 17.6 Å². The van der Waals surface area contributed by atoms with Gasteiger partial charge in [-0.15, -0.1) is 0 Å². The van der Waals surface area contributed by atoms with Crippen LogP contribution in [0.2, 0.25) is 0 Å². The minimum absolute atomic E-state index is 0.177. The smallest absolute Gasteiger partial charge is 0.246 e. The fourth-order valence-electron chi connectivity index (χ4n) is 4.12. The fraction of sp³-hybridized carbons (Fsp3) is 0.310. The predicted octanol–water partition coefficient (Wildman–Crippen LogP) is 2.62. The summed E-state index contributed by atoms with van der Waals surface area (Å²) in [6.45, 7) is 4.89. The third-order valence-corrected chi connectivity index (χ3v) is 6.13. The van der Waals surface area contributed by atoms with Gasteiger partial charge in [0, 0.05) is 18.8 Å². The standard InChI is InChI=1S/C29H35N5O3/c1-2-17-34(18-16-30)27(35)20-25(31)28(36)33-26(15-12-21-8-4-3-5-9-21)29(37)32-24-14-13-22-10-6-7-11-23(22)19-24/h3-11,13-14,19,25-26H,1-2,12,15-18,20,30-31H2,(H-,32,33,36,37)/p+1. The Labute approximate surface area is 218 Å². The molecule has 0 saturated carbocycles. The van der Waals surface area contributed by atoms with Gasteiger partial charge in [-0.1, -0.05) is 60.7 Å². The summed E-state index contributed by atoms with van der Waals surface area (Å²) in [5.41, 5.74) is 13.4. The molecule has 3 rings (SSSR count). The summed E-state index contributed by atoms with van der Waals surface area (Å²) >= 11 is 0. The Hall–Kier alpha value is -3.88. The second-order valence-corrected chi connectivity index (χ2v) is 8.97. The highest BCUT2D eigenvalue weighted by Gasteiger charge is 2.26. The first-order valence-corrected chi connectivity index (χ1v) is 12.6. The Morgan fingerprint density at radius 1 is 0.892 bits per heavy atom. The lowest BCUT2D eigenvalue weighted by molar-refractivity contribution is -0.134. The molecule has 0 fully saturated rings. The van der Waals surface area contributed by atoms with Crippen molar-refractivity contribution in [1.29, 1.82) is 0 Å². The minimum atomic E-state index is -1.09. The Balaban J connectivity index is 1.69. The molecule has 3 aromatic carbocycles. The zero-order valence-corrected chi connectivity index (χ0v) is 21.1. The number of carbonyl (C=O) groups is 3. The Morgan fingerprint density at radius 3 is 2.30 bits per heavy atom. The average Bonchev–Trinajstić information content (AvgIpc) is 2.91. The van der Waals surface area contributed by atoms with Crippen LogP contribution in [0.3, 0.4) is 0 Å². The van der Waals surface area contributed by atoms with Crippen LogP contribution >= 0.6 is 0 Å². The summed E-state index contributed by atoms with van der Waals surface area (Å²) in [6.07, 6.45) is 1.31. The summed E-state index contributed by atoms with van der Waals surface area (Å²) in [7, 11) is 0. The number of nitrogens with one attached hydrogen (secondary N) is 2. The molecule has 0 aliphatic heterocycles. The van der Waals surface area contributed by atoms with Crippen LogP contribution in [0.4, 0.5) is 5.69 Å². The van der Waals surface area contributed by atoms with E-state index >= 15 is 0 Å². The van der Waals surface area contributed by atoms with Crippen molar-refractivity contribution in [2.45, 2.75) is 37.8 Å². The van der Waals surface area contributed by atoms with E-state index in [1.807, 2.05) is 72.8 Å². The number of carbonyl (C=O) groups excluding carboxylic acids is 3. The molecule has 3 amide bonds. The van der Waals surface area contributed by atoms with Crippen molar-refractivity contribution in [3.63, 3.8) is 0 Å². The van der Waals surface area contributed by atoms with Crippen molar-refractivity contribution in [1.82, 2.24) is 10.2 Å². The highest BCUT2D eigenvalue weighted by molar-refractivity contribution is 6.00. The van der Waals surface area contributed by atoms with Gasteiger partial charge < -0.3 is 27.0 Å². The van der Waals surface area contributed by atoms with Crippen LogP contribution in [0, 0.1) is 6.92 Å². The van der Waals surface area contributed by atoms with Gasteiger partial charge in [0.2, 0.25) is 17.7 Å². The summed E-state index contributed by atoms with van der Waals surface area (Å²) < 4.78 is 0. The normalized spacial score (nSPS) is 12.5. The first kappa shape index (κ1) is 27.7. The summed E-state index contributed by atoms with van der Waals surface area (Å²) in [5.74, 6) is -1.17. The highest BCUT2D eigenvalue weighted by atomic mass is 16.2. The molecule has 0 spiro atoms. The van der Waals surface area contributed by atoms with Crippen molar-refractivity contribution >= 4 is 34.2 Å². The predicted molar refractivity (Wildman–Crippen MR) is 147 cm³/mol. The zero-order valence-electron chi connectivity index (χ0n) is 21.1. The molecule has 6 N–H and O–H groups in total. The van der Waals surface area contributed by atoms with E-state index in [-0.39, 0.29) is 18.2 Å². The third-order valence-electron chi connectivity index (χ3n) is 6.13. The monoisotopic (exact) mass is 502 g/mol. The molecule has 0 aromatic heterocycles. The summed E-state index contributed by atoms with van der Waals surface area (Å²) in [5, 5.41) is 7.74. The topological polar surface area (TPSA) is 131 Å². The van der Waals surface area contributed by atoms with Gasteiger partial charge in [0.05, 0.1) is 25.9 Å². The van der Waals surface area contributed by atoms with Gasteiger partial charge in [0.15, 0.2) is 0 Å². The number of hydrogen-bond acceptors (Lipinski definition) is 5. The largest absolute Gasteiger partial charge is 0.343 e. The van der Waals surface area contributed by atoms with Crippen molar-refractivity contribution in [2.75, 3.05) is 25.0 Å². The van der Waals surface area contributed by atoms with Crippen LogP contribution in [0.5, 0.6) is 0 Å². The van der Waals surface area contributed by atoms with Crippen LogP contribution < -0.4 is 22.1 Å². The second kappa shape index (κ2) is 14.0.